The second-order valence-corrected chi connectivity index (χ2v) is 4.87. The van der Waals surface area contributed by atoms with Crippen LogP contribution in [0.15, 0.2) is 22.7 Å². The van der Waals surface area contributed by atoms with Gasteiger partial charge in [-0.25, -0.2) is 0 Å². The summed E-state index contributed by atoms with van der Waals surface area (Å²) in [7, 11) is 3.41. The van der Waals surface area contributed by atoms with Gasteiger partial charge in [-0.05, 0) is 47.5 Å². The molecule has 1 rings (SSSR count). The summed E-state index contributed by atoms with van der Waals surface area (Å²) in [5, 5.41) is 0. The number of carbonyl (C=O) groups excluding carboxylic acids is 1. The molecule has 1 amide bonds. The average Bonchev–Trinajstić information content (AvgIpc) is 2.36. The molecule has 1 aromatic rings. The molecule has 0 saturated heterocycles. The van der Waals surface area contributed by atoms with Crippen LogP contribution in [0, 0.1) is 0 Å². The quantitative estimate of drug-likeness (QED) is 0.853. The van der Waals surface area contributed by atoms with Crippen LogP contribution in [0.25, 0.3) is 0 Å². The molecular formula is C13H18BrNO2. The van der Waals surface area contributed by atoms with Gasteiger partial charge in [0.05, 0.1) is 12.7 Å². The summed E-state index contributed by atoms with van der Waals surface area (Å²) in [6, 6.07) is 5.63. The predicted octanol–water partition coefficient (Wildman–Crippen LogP) is 3.33. The van der Waals surface area contributed by atoms with Crippen LogP contribution >= 0.6 is 15.9 Å². The van der Waals surface area contributed by atoms with Gasteiger partial charge in [0.25, 0.3) is 5.91 Å². The van der Waals surface area contributed by atoms with Crippen molar-refractivity contribution in [1.82, 2.24) is 4.90 Å². The van der Waals surface area contributed by atoms with Crippen molar-refractivity contribution in [3.63, 3.8) is 0 Å². The summed E-state index contributed by atoms with van der Waals surface area (Å²) in [6.45, 7) is 4.10. The number of benzene rings is 1. The third-order valence-electron chi connectivity index (χ3n) is 2.98. The molecule has 0 spiro atoms. The Morgan fingerprint density at radius 3 is 2.71 bits per heavy atom. The SMILES string of the molecule is CCC(C)N(C)C(=O)c1cc(OC)ccc1Br. The van der Waals surface area contributed by atoms with Crippen molar-refractivity contribution < 1.29 is 9.53 Å². The van der Waals surface area contributed by atoms with E-state index < -0.39 is 0 Å². The summed E-state index contributed by atoms with van der Waals surface area (Å²) in [5.41, 5.74) is 0.632. The highest BCUT2D eigenvalue weighted by Crippen LogP contribution is 2.24. The van der Waals surface area contributed by atoms with E-state index in [9.17, 15) is 4.79 Å². The second-order valence-electron chi connectivity index (χ2n) is 4.02. The van der Waals surface area contributed by atoms with Crippen LogP contribution in [0.5, 0.6) is 5.75 Å². The molecule has 0 bridgehead atoms. The van der Waals surface area contributed by atoms with E-state index in [1.165, 1.54) is 0 Å². The third kappa shape index (κ3) is 3.22. The smallest absolute Gasteiger partial charge is 0.255 e. The highest BCUT2D eigenvalue weighted by Gasteiger charge is 2.19. The van der Waals surface area contributed by atoms with Crippen LogP contribution < -0.4 is 4.74 Å². The standard InChI is InChI=1S/C13H18BrNO2/c1-5-9(2)15(3)13(16)11-8-10(17-4)6-7-12(11)14/h6-9H,5H2,1-4H3. The summed E-state index contributed by atoms with van der Waals surface area (Å²) in [6.07, 6.45) is 0.934. The van der Waals surface area contributed by atoms with Gasteiger partial charge in [-0.2, -0.15) is 0 Å². The minimum Gasteiger partial charge on any atom is -0.497 e. The molecule has 0 N–H and O–H groups in total. The minimum atomic E-state index is 0.00475. The van der Waals surface area contributed by atoms with Crippen LogP contribution in [0.4, 0.5) is 0 Å². The minimum absolute atomic E-state index is 0.00475. The van der Waals surface area contributed by atoms with Gasteiger partial charge < -0.3 is 9.64 Å². The monoisotopic (exact) mass is 299 g/mol. The van der Waals surface area contributed by atoms with Crippen LogP contribution in [0.2, 0.25) is 0 Å². The van der Waals surface area contributed by atoms with Gasteiger partial charge in [0.15, 0.2) is 0 Å². The van der Waals surface area contributed by atoms with Crippen molar-refractivity contribution in [2.75, 3.05) is 14.2 Å². The van der Waals surface area contributed by atoms with E-state index in [2.05, 4.69) is 22.9 Å². The van der Waals surface area contributed by atoms with Crippen LogP contribution in [0.3, 0.4) is 0 Å². The fourth-order valence-electron chi connectivity index (χ4n) is 1.46. The molecule has 3 nitrogen and oxygen atoms in total. The van der Waals surface area contributed by atoms with E-state index in [1.54, 1.807) is 18.1 Å². The zero-order valence-electron chi connectivity index (χ0n) is 10.7. The number of carbonyl (C=O) groups is 1. The van der Waals surface area contributed by atoms with Crippen molar-refractivity contribution in [3.05, 3.63) is 28.2 Å². The fraction of sp³-hybridized carbons (Fsp3) is 0.462. The predicted molar refractivity (Wildman–Crippen MR) is 72.5 cm³/mol. The molecule has 4 heteroatoms. The molecule has 0 aliphatic heterocycles. The summed E-state index contributed by atoms with van der Waals surface area (Å²) in [5.74, 6) is 0.694. The number of halogens is 1. The number of methoxy groups -OCH3 is 1. The molecule has 1 unspecified atom stereocenters. The highest BCUT2D eigenvalue weighted by molar-refractivity contribution is 9.10. The third-order valence-corrected chi connectivity index (χ3v) is 3.67. The maximum atomic E-state index is 12.3. The molecular weight excluding hydrogens is 282 g/mol. The Bertz CT molecular complexity index is 406. The van der Waals surface area contributed by atoms with Crippen molar-refractivity contribution >= 4 is 21.8 Å². The van der Waals surface area contributed by atoms with Gasteiger partial charge in [0.1, 0.15) is 5.75 Å². The normalized spacial score (nSPS) is 12.1. The lowest BCUT2D eigenvalue weighted by atomic mass is 10.1. The first-order valence-electron chi connectivity index (χ1n) is 5.62. The van der Waals surface area contributed by atoms with E-state index in [4.69, 9.17) is 4.74 Å². The second kappa shape index (κ2) is 6.05. The van der Waals surface area contributed by atoms with E-state index in [-0.39, 0.29) is 11.9 Å². The maximum Gasteiger partial charge on any atom is 0.255 e. The topological polar surface area (TPSA) is 29.5 Å². The molecule has 0 saturated carbocycles. The maximum absolute atomic E-state index is 12.3. The molecule has 0 aliphatic rings. The number of nitrogens with zero attached hydrogens (tertiary/aromatic N) is 1. The number of hydrogen-bond acceptors (Lipinski definition) is 2. The largest absolute Gasteiger partial charge is 0.497 e. The number of ether oxygens (including phenoxy) is 1. The number of hydrogen-bond donors (Lipinski definition) is 0. The molecule has 1 aromatic carbocycles. The van der Waals surface area contributed by atoms with Crippen LogP contribution in [-0.4, -0.2) is 31.0 Å². The Balaban J connectivity index is 3.02. The summed E-state index contributed by atoms with van der Waals surface area (Å²) < 4.78 is 5.93. The first kappa shape index (κ1) is 14.0. The lowest BCUT2D eigenvalue weighted by molar-refractivity contribution is 0.0739. The Hall–Kier alpha value is -1.03. The lowest BCUT2D eigenvalue weighted by Gasteiger charge is -2.24. The first-order chi connectivity index (χ1) is 8.01. The van der Waals surface area contributed by atoms with Gasteiger partial charge in [-0.1, -0.05) is 6.92 Å². The Morgan fingerprint density at radius 2 is 2.18 bits per heavy atom. The Labute approximate surface area is 111 Å². The van der Waals surface area contributed by atoms with Gasteiger partial charge in [0.2, 0.25) is 0 Å². The molecule has 94 valence electrons. The van der Waals surface area contributed by atoms with Crippen molar-refractivity contribution in [3.8, 4) is 5.75 Å². The van der Waals surface area contributed by atoms with Crippen LogP contribution in [-0.2, 0) is 0 Å². The molecule has 0 aromatic heterocycles. The summed E-state index contributed by atoms with van der Waals surface area (Å²) >= 11 is 3.40. The molecule has 17 heavy (non-hydrogen) atoms. The van der Waals surface area contributed by atoms with Gasteiger partial charge in [0, 0.05) is 17.6 Å². The van der Waals surface area contributed by atoms with Crippen molar-refractivity contribution in [1.29, 1.82) is 0 Å². The van der Waals surface area contributed by atoms with E-state index in [0.29, 0.717) is 11.3 Å². The molecule has 0 heterocycles. The highest BCUT2D eigenvalue weighted by atomic mass is 79.9. The molecule has 0 fully saturated rings. The Morgan fingerprint density at radius 1 is 1.53 bits per heavy atom. The van der Waals surface area contributed by atoms with Crippen molar-refractivity contribution in [2.45, 2.75) is 26.3 Å². The zero-order valence-corrected chi connectivity index (χ0v) is 12.2. The van der Waals surface area contributed by atoms with Crippen molar-refractivity contribution in [2.24, 2.45) is 0 Å². The van der Waals surface area contributed by atoms with Gasteiger partial charge >= 0.3 is 0 Å². The molecule has 1 atom stereocenters. The summed E-state index contributed by atoms with van der Waals surface area (Å²) in [4.78, 5) is 14.0. The zero-order chi connectivity index (χ0) is 13.0. The van der Waals surface area contributed by atoms with E-state index >= 15 is 0 Å². The number of rotatable bonds is 4. The van der Waals surface area contributed by atoms with Crippen LogP contribution in [0.1, 0.15) is 30.6 Å². The number of amides is 1. The molecule has 0 aliphatic carbocycles. The van der Waals surface area contributed by atoms with E-state index in [1.807, 2.05) is 26.1 Å². The lowest BCUT2D eigenvalue weighted by Crippen LogP contribution is -2.34. The first-order valence-corrected chi connectivity index (χ1v) is 6.41. The van der Waals surface area contributed by atoms with Gasteiger partial charge in [-0.3, -0.25) is 4.79 Å². The fourth-order valence-corrected chi connectivity index (χ4v) is 1.88. The van der Waals surface area contributed by atoms with Gasteiger partial charge in [-0.15, -0.1) is 0 Å². The average molecular weight is 300 g/mol. The van der Waals surface area contributed by atoms with E-state index in [0.717, 1.165) is 10.9 Å². The Kier molecular flexibility index (Phi) is 5.00. The molecule has 0 radical (unpaired) electrons.